The van der Waals surface area contributed by atoms with Crippen LogP contribution in [-0.2, 0) is 10.0 Å². The van der Waals surface area contributed by atoms with E-state index in [1.165, 1.54) is 6.07 Å². The first-order valence-corrected chi connectivity index (χ1v) is 7.62. The van der Waals surface area contributed by atoms with Gasteiger partial charge in [-0.15, -0.1) is 0 Å². The van der Waals surface area contributed by atoms with Gasteiger partial charge in [0.15, 0.2) is 0 Å². The number of nitrogens with zero attached hydrogens (tertiary/aromatic N) is 1. The first-order valence-electron chi connectivity index (χ1n) is 6.14. The Labute approximate surface area is 123 Å². The second kappa shape index (κ2) is 5.61. The molecule has 2 aromatic carbocycles. The van der Waals surface area contributed by atoms with Gasteiger partial charge in [-0.25, -0.2) is 12.8 Å². The van der Waals surface area contributed by atoms with Crippen molar-refractivity contribution >= 4 is 27.1 Å². The molecule has 0 spiro atoms. The van der Waals surface area contributed by atoms with Crippen molar-refractivity contribution in [2.75, 3.05) is 29.5 Å². The Morgan fingerprint density at radius 2 is 1.86 bits per heavy atom. The largest absolute Gasteiger partial charge is 0.399 e. The van der Waals surface area contributed by atoms with Crippen LogP contribution in [-0.4, -0.2) is 22.5 Å². The highest BCUT2D eigenvalue weighted by Crippen LogP contribution is 2.22. The molecule has 0 saturated heterocycles. The van der Waals surface area contributed by atoms with Crippen molar-refractivity contribution in [3.63, 3.8) is 0 Å². The molecule has 0 aliphatic rings. The van der Waals surface area contributed by atoms with Crippen LogP contribution in [0, 0.1) is 5.82 Å². The number of halogens is 1. The van der Waals surface area contributed by atoms with Crippen LogP contribution in [0.15, 0.2) is 47.4 Å². The molecule has 0 amide bonds. The number of nitrogens with one attached hydrogen (secondary N) is 1. The van der Waals surface area contributed by atoms with Gasteiger partial charge in [0, 0.05) is 25.5 Å². The van der Waals surface area contributed by atoms with E-state index in [9.17, 15) is 12.8 Å². The Bertz CT molecular complexity index is 740. The molecule has 0 aromatic heterocycles. The number of nitrogen functional groups attached to an aromatic ring is 1. The van der Waals surface area contributed by atoms with Crippen molar-refractivity contribution in [2.45, 2.75) is 4.90 Å². The Kier molecular flexibility index (Phi) is 4.04. The zero-order valence-corrected chi connectivity index (χ0v) is 12.5. The van der Waals surface area contributed by atoms with E-state index < -0.39 is 15.8 Å². The van der Waals surface area contributed by atoms with Gasteiger partial charge in [-0.1, -0.05) is 6.07 Å². The normalized spacial score (nSPS) is 11.2. The number of anilines is 3. The summed E-state index contributed by atoms with van der Waals surface area (Å²) in [7, 11) is -0.193. The van der Waals surface area contributed by atoms with Crippen LogP contribution in [0.1, 0.15) is 0 Å². The molecule has 21 heavy (non-hydrogen) atoms. The Morgan fingerprint density at radius 3 is 2.48 bits per heavy atom. The van der Waals surface area contributed by atoms with E-state index >= 15 is 0 Å². The van der Waals surface area contributed by atoms with Crippen molar-refractivity contribution < 1.29 is 12.8 Å². The van der Waals surface area contributed by atoms with Gasteiger partial charge in [0.25, 0.3) is 10.0 Å². The second-order valence-corrected chi connectivity index (χ2v) is 6.45. The van der Waals surface area contributed by atoms with Crippen LogP contribution in [0.5, 0.6) is 0 Å². The molecule has 0 aliphatic heterocycles. The molecule has 5 nitrogen and oxygen atoms in total. The maximum atomic E-state index is 13.3. The number of sulfonamides is 1. The first-order chi connectivity index (χ1) is 9.78. The summed E-state index contributed by atoms with van der Waals surface area (Å²) in [5.41, 5.74) is 6.76. The smallest absolute Gasteiger partial charge is 0.262 e. The maximum Gasteiger partial charge on any atom is 0.262 e. The van der Waals surface area contributed by atoms with E-state index in [4.69, 9.17) is 5.73 Å². The molecule has 0 radical (unpaired) electrons. The van der Waals surface area contributed by atoms with E-state index in [0.717, 1.165) is 17.8 Å². The van der Waals surface area contributed by atoms with Gasteiger partial charge in [-0.3, -0.25) is 4.72 Å². The minimum Gasteiger partial charge on any atom is -0.399 e. The fraction of sp³-hybridized carbons (Fsp3) is 0.143. The lowest BCUT2D eigenvalue weighted by Gasteiger charge is -2.14. The summed E-state index contributed by atoms with van der Waals surface area (Å²) >= 11 is 0. The van der Waals surface area contributed by atoms with Gasteiger partial charge in [0.05, 0.1) is 10.6 Å². The standard InChI is InChI=1S/C14H16FN3O2S/c1-18(2)13-5-3-4-12(9-13)17-21(19,20)14-7-10(15)6-11(16)8-14/h3-9,17H,16H2,1-2H3. The number of nitrogens with two attached hydrogens (primary N) is 1. The molecule has 3 N–H and O–H groups in total. The van der Waals surface area contributed by atoms with Crippen LogP contribution in [0.4, 0.5) is 21.5 Å². The van der Waals surface area contributed by atoms with Crippen LogP contribution in [0.2, 0.25) is 0 Å². The van der Waals surface area contributed by atoms with Crippen LogP contribution >= 0.6 is 0 Å². The second-order valence-electron chi connectivity index (χ2n) is 4.77. The molecule has 0 fully saturated rings. The Balaban J connectivity index is 2.35. The molecule has 0 unspecified atom stereocenters. The van der Waals surface area contributed by atoms with Gasteiger partial charge in [0.2, 0.25) is 0 Å². The van der Waals surface area contributed by atoms with Crippen molar-refractivity contribution in [2.24, 2.45) is 0 Å². The lowest BCUT2D eigenvalue weighted by Crippen LogP contribution is -2.14. The topological polar surface area (TPSA) is 75.4 Å². The molecule has 0 bridgehead atoms. The first kappa shape index (κ1) is 15.1. The summed E-state index contributed by atoms with van der Waals surface area (Å²) in [5, 5.41) is 0. The molecular formula is C14H16FN3O2S. The monoisotopic (exact) mass is 309 g/mol. The third-order valence-electron chi connectivity index (χ3n) is 2.82. The molecule has 0 saturated carbocycles. The average Bonchev–Trinajstić information content (AvgIpc) is 2.37. The number of hydrogen-bond acceptors (Lipinski definition) is 4. The molecule has 0 heterocycles. The number of rotatable bonds is 4. The summed E-state index contributed by atoms with van der Waals surface area (Å²) in [4.78, 5) is 1.63. The zero-order chi connectivity index (χ0) is 15.6. The lowest BCUT2D eigenvalue weighted by molar-refractivity contribution is 0.595. The minimum atomic E-state index is -3.89. The minimum absolute atomic E-state index is 0.0532. The SMILES string of the molecule is CN(C)c1cccc(NS(=O)(=O)c2cc(N)cc(F)c2)c1. The maximum absolute atomic E-state index is 13.3. The van der Waals surface area contributed by atoms with E-state index in [1.54, 1.807) is 18.2 Å². The van der Waals surface area contributed by atoms with E-state index in [2.05, 4.69) is 4.72 Å². The van der Waals surface area contributed by atoms with Gasteiger partial charge in [-0.2, -0.15) is 0 Å². The lowest BCUT2D eigenvalue weighted by atomic mass is 10.3. The number of hydrogen-bond donors (Lipinski definition) is 2. The fourth-order valence-electron chi connectivity index (χ4n) is 1.80. The third-order valence-corrected chi connectivity index (χ3v) is 4.18. The van der Waals surface area contributed by atoms with Crippen molar-refractivity contribution in [3.8, 4) is 0 Å². The summed E-state index contributed by atoms with van der Waals surface area (Å²) < 4.78 is 40.2. The van der Waals surface area contributed by atoms with Gasteiger partial charge >= 0.3 is 0 Å². The van der Waals surface area contributed by atoms with E-state index in [1.807, 2.05) is 25.1 Å². The highest BCUT2D eigenvalue weighted by molar-refractivity contribution is 7.92. The van der Waals surface area contributed by atoms with Gasteiger partial charge in [-0.05, 0) is 36.4 Å². The third kappa shape index (κ3) is 3.63. The average molecular weight is 309 g/mol. The van der Waals surface area contributed by atoms with Crippen LogP contribution < -0.4 is 15.4 Å². The summed E-state index contributed by atoms with van der Waals surface area (Å²) in [5.74, 6) is -0.697. The van der Waals surface area contributed by atoms with Crippen molar-refractivity contribution in [1.82, 2.24) is 0 Å². The molecular weight excluding hydrogens is 293 g/mol. The van der Waals surface area contributed by atoms with E-state index in [0.29, 0.717) is 5.69 Å². The fourth-order valence-corrected chi connectivity index (χ4v) is 2.92. The molecule has 112 valence electrons. The van der Waals surface area contributed by atoms with Crippen LogP contribution in [0.25, 0.3) is 0 Å². The summed E-state index contributed by atoms with van der Waals surface area (Å²) in [6, 6.07) is 10.1. The van der Waals surface area contributed by atoms with Gasteiger partial charge in [0.1, 0.15) is 5.82 Å². The van der Waals surface area contributed by atoms with Gasteiger partial charge < -0.3 is 10.6 Å². The zero-order valence-electron chi connectivity index (χ0n) is 11.7. The summed E-state index contributed by atoms with van der Waals surface area (Å²) in [6.45, 7) is 0. The molecule has 0 atom stereocenters. The summed E-state index contributed by atoms with van der Waals surface area (Å²) in [6.07, 6.45) is 0. The quantitative estimate of drug-likeness (QED) is 0.850. The highest BCUT2D eigenvalue weighted by atomic mass is 32.2. The van der Waals surface area contributed by atoms with Crippen molar-refractivity contribution in [1.29, 1.82) is 0 Å². The highest BCUT2D eigenvalue weighted by Gasteiger charge is 2.16. The van der Waals surface area contributed by atoms with Crippen molar-refractivity contribution in [3.05, 3.63) is 48.3 Å². The molecule has 2 rings (SSSR count). The predicted molar refractivity (Wildman–Crippen MR) is 82.4 cm³/mol. The van der Waals surface area contributed by atoms with E-state index in [-0.39, 0.29) is 10.6 Å². The Hall–Kier alpha value is -2.28. The molecule has 0 aliphatic carbocycles. The number of benzene rings is 2. The molecule has 2 aromatic rings. The Morgan fingerprint density at radius 1 is 1.14 bits per heavy atom. The predicted octanol–water partition coefficient (Wildman–Crippen LogP) is 2.27. The molecule has 7 heteroatoms. The van der Waals surface area contributed by atoms with Crippen LogP contribution in [0.3, 0.4) is 0 Å².